The van der Waals surface area contributed by atoms with Crippen molar-refractivity contribution >= 4 is 60.5 Å². The van der Waals surface area contributed by atoms with E-state index in [4.69, 9.17) is 28.0 Å². The molecule has 2 saturated heterocycles. The van der Waals surface area contributed by atoms with Crippen LogP contribution in [-0.2, 0) is 46.7 Å². The van der Waals surface area contributed by atoms with Gasteiger partial charge in [0.05, 0.1) is 48.3 Å². The number of amides is 3. The largest absolute Gasteiger partial charge is 0.472 e. The number of nitrogens with one attached hydrogen (secondary N) is 4. The van der Waals surface area contributed by atoms with E-state index < -0.39 is 110 Å². The lowest BCUT2D eigenvalue weighted by atomic mass is 10.0. The van der Waals surface area contributed by atoms with Gasteiger partial charge in [-0.05, 0) is 111 Å². The maximum absolute atomic E-state index is 15.7. The molecule has 2 fully saturated rings. The van der Waals surface area contributed by atoms with Gasteiger partial charge in [0.15, 0.2) is 13.4 Å². The van der Waals surface area contributed by atoms with Gasteiger partial charge in [0.25, 0.3) is 17.4 Å². The zero-order chi connectivity index (χ0) is 67.2. The number of carbonyl (C=O) groups excluding carboxylic acids is 4. The first-order valence-corrected chi connectivity index (χ1v) is 35.0. The molecular weight excluding hydrogens is 1230 g/mol. The summed E-state index contributed by atoms with van der Waals surface area (Å²) >= 11 is 0. The van der Waals surface area contributed by atoms with E-state index in [-0.39, 0.29) is 60.8 Å². The number of hydrogen-bond acceptors (Lipinski definition) is 18. The minimum absolute atomic E-state index is 0.0526. The van der Waals surface area contributed by atoms with Gasteiger partial charge in [0, 0.05) is 78.8 Å². The first-order valence-electron chi connectivity index (χ1n) is 31.8. The Morgan fingerprint density at radius 3 is 1.88 bits per heavy atom. The SMILES string of the molecule is C[C@@H]1O[C@H](COP(=O)(O)OCC(CO)CCCCCC(=O)CCCCCNC(=O)c2ccc(C(=O)NCCCCCCNC(=O)/C=C/c3cn([C@@H]4O[C@H](COC(C)(C)C)C(O)[C@@H]4O)c(=O)[nH]c3=O)cc2P(=O)(c2ccccc2)c2ccccc2)C(OC(C)(C)C)[C@@H]1O. The number of aromatic nitrogens is 2. The fourth-order valence-corrected chi connectivity index (χ4v) is 14.3. The van der Waals surface area contributed by atoms with E-state index in [9.17, 15) is 58.7 Å². The third-order valence-corrected chi connectivity index (χ3v) is 19.7. The minimum atomic E-state index is -4.52. The predicted octanol–water partition coefficient (Wildman–Crippen LogP) is 5.61. The van der Waals surface area contributed by atoms with Crippen molar-refractivity contribution in [2.24, 2.45) is 5.92 Å². The molecule has 6 rings (SSSR count). The Morgan fingerprint density at radius 2 is 1.28 bits per heavy atom. The second-order valence-corrected chi connectivity index (χ2v) is 29.6. The fourth-order valence-electron chi connectivity index (χ4n) is 10.6. The van der Waals surface area contributed by atoms with Crippen molar-refractivity contribution in [1.82, 2.24) is 25.5 Å². The predicted molar refractivity (Wildman–Crippen MR) is 348 cm³/mol. The lowest BCUT2D eigenvalue weighted by Crippen LogP contribution is -2.41. The number of ether oxygens (including phenoxy) is 4. The summed E-state index contributed by atoms with van der Waals surface area (Å²) in [5, 5.41) is 51.5. The molecule has 1 aromatic heterocycles. The first-order chi connectivity index (χ1) is 43.6. The number of hydrogen-bond donors (Lipinski definition) is 9. The van der Waals surface area contributed by atoms with E-state index in [2.05, 4.69) is 20.9 Å². The van der Waals surface area contributed by atoms with E-state index in [0.717, 1.165) is 16.8 Å². The topological polar surface area (TPSA) is 350 Å². The van der Waals surface area contributed by atoms with Crippen LogP contribution in [0, 0.1) is 5.92 Å². The highest BCUT2D eigenvalue weighted by Crippen LogP contribution is 2.46. The fraction of sp³-hybridized carbons (Fsp3) is 0.576. The number of ketones is 1. The van der Waals surface area contributed by atoms with E-state index >= 15 is 4.57 Å². The van der Waals surface area contributed by atoms with Crippen LogP contribution in [0.1, 0.15) is 164 Å². The van der Waals surface area contributed by atoms with Crippen molar-refractivity contribution in [2.75, 3.05) is 46.1 Å². The van der Waals surface area contributed by atoms with Gasteiger partial charge in [-0.2, -0.15) is 0 Å². The molecule has 3 heterocycles. The second-order valence-electron chi connectivity index (χ2n) is 25.4. The van der Waals surface area contributed by atoms with Gasteiger partial charge in [-0.3, -0.25) is 42.6 Å². The molecule has 4 unspecified atom stereocenters. The summed E-state index contributed by atoms with van der Waals surface area (Å²) in [6.07, 6.45) is 3.05. The van der Waals surface area contributed by atoms with Crippen LogP contribution < -0.4 is 43.1 Å². The summed E-state index contributed by atoms with van der Waals surface area (Å²) in [6.45, 7) is 12.6. The standard InChI is InChI=1S/C66H95N5O19P2/c1-44-56(75)59(90-66(5,6)7)53(88-44)43-87-92(83,84)86-41-45(40-72)24-14-10-15-25-48(73)26-16-13-23-37-69-62(80)51-33-31-46(38-54(51)91(82,49-27-17-11-18-28-49)50-29-19-12-20-30-50)60(78)68-36-22-9-8-21-35-67-55(74)34-32-47-39-71(64(81)70-61(47)79)63-58(77)57(76)52(89-63)42-85-65(2,3)4/h11-12,17-20,27-34,38-39,44-45,52-53,56-59,63,72,75-77H,8-10,13-16,21-26,35-37,40-43H2,1-7H3,(H,67,74)(H,68,78)(H,69,80)(H,83,84)(H,70,79,81)/b34-32+/t44-,45?,52+,53+,56+,57?,58-,59?,63+/m0/s1. The Morgan fingerprint density at radius 1 is 0.696 bits per heavy atom. The number of H-pyrrole nitrogens is 1. The second kappa shape index (κ2) is 35.6. The summed E-state index contributed by atoms with van der Waals surface area (Å²) in [6, 6.07) is 22.3. The van der Waals surface area contributed by atoms with Crippen molar-refractivity contribution in [3.63, 3.8) is 0 Å². The van der Waals surface area contributed by atoms with Gasteiger partial charge in [-0.1, -0.05) is 92.8 Å². The number of aromatic amines is 1. The number of phosphoric acid groups is 1. The maximum Gasteiger partial charge on any atom is 0.472 e. The molecule has 0 aliphatic carbocycles. The van der Waals surface area contributed by atoms with Crippen molar-refractivity contribution < 1.29 is 81.6 Å². The Hall–Kier alpha value is -5.82. The van der Waals surface area contributed by atoms with Gasteiger partial charge in [0.1, 0.15) is 42.4 Å². The smallest absolute Gasteiger partial charge is 0.396 e. The summed E-state index contributed by atoms with van der Waals surface area (Å²) in [7, 11) is -8.28. The van der Waals surface area contributed by atoms with Crippen LogP contribution in [0.3, 0.4) is 0 Å². The van der Waals surface area contributed by atoms with Gasteiger partial charge >= 0.3 is 13.5 Å². The van der Waals surface area contributed by atoms with Crippen LogP contribution in [0.5, 0.6) is 0 Å². The number of rotatable bonds is 37. The number of Topliss-reactive ketones (excluding diaryl/α,β-unsaturated/α-hetero) is 1. The first kappa shape index (κ1) is 75.2. The lowest BCUT2D eigenvalue weighted by molar-refractivity contribution is -0.119. The van der Waals surface area contributed by atoms with E-state index in [1.54, 1.807) is 67.6 Å². The van der Waals surface area contributed by atoms with E-state index in [0.29, 0.717) is 107 Å². The molecule has 0 bridgehead atoms. The van der Waals surface area contributed by atoms with Crippen LogP contribution in [-0.4, -0.2) is 158 Å². The zero-order valence-electron chi connectivity index (χ0n) is 53.9. The molecule has 0 radical (unpaired) electrons. The van der Waals surface area contributed by atoms with Gasteiger partial charge in [-0.25, -0.2) is 9.36 Å². The highest BCUT2D eigenvalue weighted by atomic mass is 31.2. The van der Waals surface area contributed by atoms with Crippen LogP contribution in [0.25, 0.3) is 6.08 Å². The molecule has 9 N–H and O–H groups in total. The summed E-state index contributed by atoms with van der Waals surface area (Å²) in [5.74, 6) is -1.69. The molecule has 92 heavy (non-hydrogen) atoms. The average Bonchev–Trinajstić information content (AvgIpc) is 0.976. The molecular formula is C66H95N5O19P2. The molecule has 3 aromatic carbocycles. The number of benzene rings is 3. The normalized spacial score (nSPS) is 21.3. The molecule has 2 aliphatic rings. The molecule has 0 spiro atoms. The summed E-state index contributed by atoms with van der Waals surface area (Å²) in [5.41, 5.74) is -2.48. The number of phosphoric ester groups is 1. The molecule has 26 heteroatoms. The Balaban J connectivity index is 0.916. The number of aliphatic hydroxyl groups excluding tert-OH is 4. The highest BCUT2D eigenvalue weighted by Gasteiger charge is 2.46. The molecule has 0 saturated carbocycles. The van der Waals surface area contributed by atoms with E-state index in [1.165, 1.54) is 24.3 Å². The van der Waals surface area contributed by atoms with Gasteiger partial charge < -0.3 is 64.8 Å². The number of carbonyl (C=O) groups is 4. The third kappa shape index (κ3) is 23.0. The van der Waals surface area contributed by atoms with Gasteiger partial charge in [0.2, 0.25) is 5.91 Å². The van der Waals surface area contributed by atoms with Crippen LogP contribution >= 0.6 is 15.0 Å². The van der Waals surface area contributed by atoms with Gasteiger partial charge in [-0.15, -0.1) is 0 Å². The van der Waals surface area contributed by atoms with Crippen molar-refractivity contribution in [1.29, 1.82) is 0 Å². The quantitative estimate of drug-likeness (QED) is 0.0150. The van der Waals surface area contributed by atoms with Crippen LogP contribution in [0.2, 0.25) is 0 Å². The average molecular weight is 1320 g/mol. The number of aliphatic hydroxyl groups is 4. The zero-order valence-corrected chi connectivity index (χ0v) is 55.7. The molecule has 3 amide bonds. The summed E-state index contributed by atoms with van der Waals surface area (Å²) in [4.78, 5) is 91.2. The molecule has 2 aliphatic heterocycles. The molecule has 24 nitrogen and oxygen atoms in total. The van der Waals surface area contributed by atoms with E-state index in [1.807, 2.05) is 41.5 Å². The molecule has 508 valence electrons. The Bertz CT molecular complexity index is 3230. The lowest BCUT2D eigenvalue weighted by Gasteiger charge is -2.29. The molecule has 4 aromatic rings. The minimum Gasteiger partial charge on any atom is -0.396 e. The van der Waals surface area contributed by atoms with Crippen LogP contribution in [0.4, 0.5) is 0 Å². The van der Waals surface area contributed by atoms with Crippen LogP contribution in [0.15, 0.2) is 101 Å². The van der Waals surface area contributed by atoms with Crippen molar-refractivity contribution in [3.8, 4) is 0 Å². The van der Waals surface area contributed by atoms with Crippen molar-refractivity contribution in [2.45, 2.75) is 192 Å². The monoisotopic (exact) mass is 1320 g/mol. The number of nitrogens with zero attached hydrogens (tertiary/aromatic N) is 1. The maximum atomic E-state index is 15.7. The third-order valence-electron chi connectivity index (χ3n) is 15.7. The Kier molecular flexibility index (Phi) is 29.1. The number of unbranched alkanes of at least 4 members (excludes halogenated alkanes) is 7. The van der Waals surface area contributed by atoms with Crippen molar-refractivity contribution in [3.05, 3.63) is 129 Å². The summed E-state index contributed by atoms with van der Waals surface area (Å²) < 4.78 is 62.9. The molecule has 10 atom stereocenters. The highest BCUT2D eigenvalue weighted by molar-refractivity contribution is 7.85. The Labute approximate surface area is 538 Å².